The summed E-state index contributed by atoms with van der Waals surface area (Å²) in [7, 11) is -1.05. The van der Waals surface area contributed by atoms with Gasteiger partial charge in [-0.15, -0.1) is 0 Å². The van der Waals surface area contributed by atoms with Gasteiger partial charge in [0.25, 0.3) is 0 Å². The smallest absolute Gasteiger partial charge is 0.412 e. The van der Waals surface area contributed by atoms with Crippen molar-refractivity contribution in [3.05, 3.63) is 66.2 Å². The lowest BCUT2D eigenvalue weighted by atomic mass is 10.1. The van der Waals surface area contributed by atoms with Gasteiger partial charge in [0.2, 0.25) is 10.0 Å². The van der Waals surface area contributed by atoms with Crippen LogP contribution in [0.1, 0.15) is 0 Å². The van der Waals surface area contributed by atoms with Gasteiger partial charge in [-0.05, 0) is 42.5 Å². The number of benzene rings is 3. The number of furan rings is 1. The molecule has 3 N–H and O–H groups in total. The molecular formula is C26H25F2N3O7S. The minimum Gasteiger partial charge on any atom is -0.495 e. The Hall–Kier alpha value is -4.36. The summed E-state index contributed by atoms with van der Waals surface area (Å²) in [6, 6.07) is 13.0. The maximum atomic E-state index is 13.6. The molecule has 0 spiro atoms. The number of aliphatic hydroxyl groups excluding tert-OH is 1. The van der Waals surface area contributed by atoms with Crippen LogP contribution in [0.4, 0.5) is 30.6 Å². The number of hydrogen-bond donors (Lipinski definition) is 3. The number of rotatable bonds is 9. The van der Waals surface area contributed by atoms with Gasteiger partial charge in [0.05, 0.1) is 37.6 Å². The summed E-state index contributed by atoms with van der Waals surface area (Å²) in [4.78, 5) is 12.2. The van der Waals surface area contributed by atoms with Crippen molar-refractivity contribution in [2.75, 3.05) is 43.2 Å². The second-order valence-corrected chi connectivity index (χ2v) is 10.2. The molecule has 4 rings (SSSR count). The number of hydrogen-bond acceptors (Lipinski definition) is 8. The monoisotopic (exact) mass is 561 g/mol. The Morgan fingerprint density at radius 2 is 1.74 bits per heavy atom. The van der Waals surface area contributed by atoms with Gasteiger partial charge in [-0.2, -0.15) is 0 Å². The summed E-state index contributed by atoms with van der Waals surface area (Å²) in [6.45, 7) is -0.657. The van der Waals surface area contributed by atoms with Crippen molar-refractivity contribution in [1.29, 1.82) is 0 Å². The first-order valence-corrected chi connectivity index (χ1v) is 13.4. The molecule has 206 valence electrons. The molecule has 3 aromatic carbocycles. The lowest BCUT2D eigenvalue weighted by Gasteiger charge is -2.23. The van der Waals surface area contributed by atoms with Gasteiger partial charge >= 0.3 is 6.09 Å². The highest BCUT2D eigenvalue weighted by atomic mass is 32.2. The van der Waals surface area contributed by atoms with Crippen molar-refractivity contribution in [2.45, 2.75) is 0 Å². The average Bonchev–Trinajstić information content (AvgIpc) is 3.25. The van der Waals surface area contributed by atoms with Gasteiger partial charge in [0.15, 0.2) is 23.1 Å². The highest BCUT2D eigenvalue weighted by Gasteiger charge is 2.26. The molecule has 0 fully saturated rings. The van der Waals surface area contributed by atoms with Gasteiger partial charge in [-0.1, -0.05) is 0 Å². The van der Waals surface area contributed by atoms with Crippen LogP contribution in [-0.4, -0.2) is 53.2 Å². The summed E-state index contributed by atoms with van der Waals surface area (Å²) in [6.07, 6.45) is 0.229. The zero-order chi connectivity index (χ0) is 28.3. The molecule has 1 aromatic heterocycles. The van der Waals surface area contributed by atoms with Gasteiger partial charge in [0, 0.05) is 36.1 Å². The van der Waals surface area contributed by atoms with E-state index in [0.29, 0.717) is 22.3 Å². The second-order valence-electron chi connectivity index (χ2n) is 8.31. The van der Waals surface area contributed by atoms with Crippen molar-refractivity contribution in [3.63, 3.8) is 0 Å². The van der Waals surface area contributed by atoms with E-state index in [9.17, 15) is 27.1 Å². The fourth-order valence-electron chi connectivity index (χ4n) is 3.88. The SMILES string of the molecule is CNC(=O)Oc1c(-c2ccc(Nc3ccc(F)c(F)c3)cc2)oc2cc(N(CCO)S(C)(=O)=O)c(OC)cc12. The number of sulfonamides is 1. The van der Waals surface area contributed by atoms with Gasteiger partial charge in [-0.25, -0.2) is 22.0 Å². The third kappa shape index (κ3) is 5.89. The number of carbonyl (C=O) groups excluding carboxylic acids is 1. The zero-order valence-corrected chi connectivity index (χ0v) is 21.9. The summed E-state index contributed by atoms with van der Waals surface area (Å²) in [5.74, 6) is -1.58. The summed E-state index contributed by atoms with van der Waals surface area (Å²) in [5, 5.41) is 15.1. The van der Waals surface area contributed by atoms with Gasteiger partial charge in [-0.3, -0.25) is 4.31 Å². The van der Waals surface area contributed by atoms with E-state index in [-0.39, 0.29) is 35.1 Å². The van der Waals surface area contributed by atoms with Gasteiger partial charge < -0.3 is 29.6 Å². The fraction of sp³-hybridized carbons (Fsp3) is 0.192. The lowest BCUT2D eigenvalue weighted by Crippen LogP contribution is -2.32. The molecule has 4 aromatic rings. The van der Waals surface area contributed by atoms with Crippen molar-refractivity contribution < 1.29 is 41.0 Å². The summed E-state index contributed by atoms with van der Waals surface area (Å²) in [5.41, 5.74) is 1.71. The number of methoxy groups -OCH3 is 1. The maximum absolute atomic E-state index is 13.6. The van der Waals surface area contributed by atoms with E-state index >= 15 is 0 Å². The normalized spacial score (nSPS) is 11.3. The molecule has 0 aliphatic rings. The van der Waals surface area contributed by atoms with E-state index in [0.717, 1.165) is 22.7 Å². The molecular weight excluding hydrogens is 536 g/mol. The first kappa shape index (κ1) is 27.7. The summed E-state index contributed by atoms with van der Waals surface area (Å²) < 4.78 is 69.5. The number of carbonyl (C=O) groups is 1. The van der Waals surface area contributed by atoms with Crippen molar-refractivity contribution >= 4 is 44.1 Å². The number of anilines is 3. The Morgan fingerprint density at radius 1 is 1.05 bits per heavy atom. The fourth-order valence-corrected chi connectivity index (χ4v) is 4.80. The number of amides is 1. The third-order valence-corrected chi connectivity index (χ3v) is 6.85. The number of nitrogens with zero attached hydrogens (tertiary/aromatic N) is 1. The molecule has 10 nitrogen and oxygen atoms in total. The van der Waals surface area contributed by atoms with Crippen molar-refractivity contribution in [1.82, 2.24) is 5.32 Å². The molecule has 0 aliphatic carbocycles. The average molecular weight is 562 g/mol. The predicted molar refractivity (Wildman–Crippen MR) is 142 cm³/mol. The highest BCUT2D eigenvalue weighted by Crippen LogP contribution is 2.45. The van der Waals surface area contributed by atoms with Crippen LogP contribution in [0.25, 0.3) is 22.3 Å². The van der Waals surface area contributed by atoms with Gasteiger partial charge in [0.1, 0.15) is 11.3 Å². The predicted octanol–water partition coefficient (Wildman–Crippen LogP) is 4.61. The van der Waals surface area contributed by atoms with Crippen LogP contribution in [0.15, 0.2) is 59.0 Å². The molecule has 1 heterocycles. The Balaban J connectivity index is 1.80. The van der Waals surface area contributed by atoms with Crippen LogP contribution >= 0.6 is 0 Å². The molecule has 1 amide bonds. The molecule has 39 heavy (non-hydrogen) atoms. The van der Waals surface area contributed by atoms with Crippen LogP contribution in [0, 0.1) is 11.6 Å². The molecule has 13 heteroatoms. The van der Waals surface area contributed by atoms with Crippen LogP contribution in [0.5, 0.6) is 11.5 Å². The topological polar surface area (TPSA) is 130 Å². The maximum Gasteiger partial charge on any atom is 0.412 e. The molecule has 0 atom stereocenters. The number of fused-ring (bicyclic) bond motifs is 1. The molecule has 0 unspecified atom stereocenters. The van der Waals surface area contributed by atoms with E-state index in [1.807, 2.05) is 0 Å². The quantitative estimate of drug-likeness (QED) is 0.270. The van der Waals surface area contributed by atoms with Crippen LogP contribution in [0.2, 0.25) is 0 Å². The number of nitrogens with one attached hydrogen (secondary N) is 2. The van der Waals surface area contributed by atoms with Crippen molar-refractivity contribution in [3.8, 4) is 22.8 Å². The lowest BCUT2D eigenvalue weighted by molar-refractivity contribution is 0.203. The molecule has 0 saturated carbocycles. The standard InChI is InChI=1S/C26H25F2N3O7S/c1-29-26(33)38-25-18-13-23(36-2)21(31(10-11-32)39(3,34)35)14-22(18)37-24(25)15-4-6-16(7-5-15)30-17-8-9-19(27)20(28)12-17/h4-9,12-14,30,32H,10-11H2,1-3H3,(H,29,33). The van der Waals surface area contributed by atoms with E-state index in [4.69, 9.17) is 13.9 Å². The number of halogens is 2. The Labute approximate surface area is 222 Å². The first-order valence-electron chi connectivity index (χ1n) is 11.5. The molecule has 0 saturated heterocycles. The molecule has 0 radical (unpaired) electrons. The Kier molecular flexibility index (Phi) is 7.93. The largest absolute Gasteiger partial charge is 0.495 e. The Morgan fingerprint density at radius 3 is 2.33 bits per heavy atom. The van der Waals surface area contributed by atoms with Crippen LogP contribution in [-0.2, 0) is 10.0 Å². The van der Waals surface area contributed by atoms with E-state index in [1.54, 1.807) is 24.3 Å². The van der Waals surface area contributed by atoms with E-state index in [2.05, 4.69) is 10.6 Å². The highest BCUT2D eigenvalue weighted by molar-refractivity contribution is 7.92. The third-order valence-electron chi connectivity index (χ3n) is 5.67. The zero-order valence-electron chi connectivity index (χ0n) is 21.1. The second kappa shape index (κ2) is 11.2. The molecule has 0 bridgehead atoms. The first-order chi connectivity index (χ1) is 18.5. The van der Waals surface area contributed by atoms with E-state index in [1.165, 1.54) is 32.4 Å². The molecule has 0 aliphatic heterocycles. The van der Waals surface area contributed by atoms with Crippen LogP contribution in [0.3, 0.4) is 0 Å². The van der Waals surface area contributed by atoms with Crippen molar-refractivity contribution in [2.24, 2.45) is 0 Å². The van der Waals surface area contributed by atoms with Crippen LogP contribution < -0.4 is 24.4 Å². The number of ether oxygens (including phenoxy) is 2. The summed E-state index contributed by atoms with van der Waals surface area (Å²) >= 11 is 0. The Bertz CT molecular complexity index is 1620. The van der Waals surface area contributed by atoms with E-state index < -0.39 is 34.4 Å². The minimum absolute atomic E-state index is 0.0589. The number of aliphatic hydroxyl groups is 1. The minimum atomic E-state index is -3.79.